The highest BCUT2D eigenvalue weighted by Crippen LogP contribution is 2.29. The number of H-pyrrole nitrogens is 1. The number of methoxy groups -OCH3 is 1. The first kappa shape index (κ1) is 18.0. The Morgan fingerprint density at radius 2 is 2.00 bits per heavy atom. The zero-order valence-electron chi connectivity index (χ0n) is 15.3. The lowest BCUT2D eigenvalue weighted by Gasteiger charge is -2.34. The highest BCUT2D eigenvalue weighted by atomic mass is 35.5. The molecule has 3 amide bonds. The molecule has 0 aliphatic carbocycles. The minimum Gasteiger partial charge on any atom is -0.453 e. The maximum atomic E-state index is 12.7. The van der Waals surface area contributed by atoms with Crippen LogP contribution in [0.25, 0.3) is 10.9 Å². The molecular formula is C19H23ClN4O3. The van der Waals surface area contributed by atoms with E-state index in [1.165, 1.54) is 12.8 Å². The number of nitrogens with zero attached hydrogens (tertiary/aromatic N) is 2. The number of halogens is 1. The van der Waals surface area contributed by atoms with Crippen LogP contribution in [0.5, 0.6) is 0 Å². The first-order valence-corrected chi connectivity index (χ1v) is 9.60. The molecule has 3 heterocycles. The zero-order chi connectivity index (χ0) is 19.0. The number of piperidine rings is 1. The van der Waals surface area contributed by atoms with Gasteiger partial charge in [-0.05, 0) is 31.0 Å². The maximum absolute atomic E-state index is 12.7. The fourth-order valence-electron chi connectivity index (χ4n) is 3.96. The number of nitrogens with one attached hydrogen (secondary N) is 2. The zero-order valence-corrected chi connectivity index (χ0v) is 16.0. The minimum absolute atomic E-state index is 0.0476. The van der Waals surface area contributed by atoms with Gasteiger partial charge in [-0.25, -0.2) is 9.59 Å². The van der Waals surface area contributed by atoms with Crippen LogP contribution in [0.15, 0.2) is 18.2 Å². The number of benzene rings is 1. The van der Waals surface area contributed by atoms with Gasteiger partial charge < -0.3 is 24.8 Å². The molecule has 0 saturated carbocycles. The summed E-state index contributed by atoms with van der Waals surface area (Å²) in [5.74, 6) is 0. The molecule has 2 N–H and O–H groups in total. The molecule has 144 valence electrons. The van der Waals surface area contributed by atoms with Crippen LogP contribution >= 0.6 is 11.6 Å². The van der Waals surface area contributed by atoms with E-state index in [-0.39, 0.29) is 18.2 Å². The molecule has 2 aliphatic heterocycles. The van der Waals surface area contributed by atoms with E-state index in [0.29, 0.717) is 31.2 Å². The summed E-state index contributed by atoms with van der Waals surface area (Å²) in [6.45, 7) is 2.45. The smallest absolute Gasteiger partial charge is 0.409 e. The monoisotopic (exact) mass is 390 g/mol. The van der Waals surface area contributed by atoms with Crippen molar-refractivity contribution in [3.8, 4) is 0 Å². The van der Waals surface area contributed by atoms with E-state index in [0.717, 1.165) is 35.7 Å². The Morgan fingerprint density at radius 3 is 2.74 bits per heavy atom. The van der Waals surface area contributed by atoms with E-state index in [2.05, 4.69) is 10.3 Å². The van der Waals surface area contributed by atoms with Crippen LogP contribution in [0.4, 0.5) is 9.59 Å². The largest absolute Gasteiger partial charge is 0.453 e. The van der Waals surface area contributed by atoms with E-state index in [4.69, 9.17) is 16.3 Å². The van der Waals surface area contributed by atoms with Gasteiger partial charge in [0.2, 0.25) is 0 Å². The van der Waals surface area contributed by atoms with Crippen molar-refractivity contribution in [3.63, 3.8) is 0 Å². The van der Waals surface area contributed by atoms with Crippen LogP contribution in [0.1, 0.15) is 24.1 Å². The fraction of sp³-hybridized carbons (Fsp3) is 0.474. The number of aromatic amines is 1. The minimum atomic E-state index is -0.304. The standard InChI is InChI=1S/C19H23ClN4O3/c1-27-19(26)23-7-4-13(5-8-23)21-18(25)24-9-6-17-15(11-24)14-10-12(20)2-3-16(14)22-17/h2-3,10,13,22H,4-9,11H2,1H3,(H,21,25). The highest BCUT2D eigenvalue weighted by Gasteiger charge is 2.28. The second kappa shape index (κ2) is 7.31. The number of carbonyl (C=O) groups excluding carboxylic acids is 2. The summed E-state index contributed by atoms with van der Waals surface area (Å²) in [4.78, 5) is 31.3. The molecule has 8 heteroatoms. The number of hydrogen-bond donors (Lipinski definition) is 2. The third-order valence-corrected chi connectivity index (χ3v) is 5.71. The number of rotatable bonds is 1. The van der Waals surface area contributed by atoms with Crippen molar-refractivity contribution in [1.82, 2.24) is 20.1 Å². The van der Waals surface area contributed by atoms with Gasteiger partial charge in [-0.1, -0.05) is 11.6 Å². The summed E-state index contributed by atoms with van der Waals surface area (Å²) in [5.41, 5.74) is 3.39. The molecule has 1 fully saturated rings. The third kappa shape index (κ3) is 3.56. The number of carbonyl (C=O) groups is 2. The lowest BCUT2D eigenvalue weighted by Crippen LogP contribution is -2.51. The maximum Gasteiger partial charge on any atom is 0.409 e. The van der Waals surface area contributed by atoms with Gasteiger partial charge in [0.15, 0.2) is 0 Å². The van der Waals surface area contributed by atoms with Crippen molar-refractivity contribution in [2.45, 2.75) is 31.8 Å². The summed E-state index contributed by atoms with van der Waals surface area (Å²) in [7, 11) is 1.39. The second-order valence-corrected chi connectivity index (χ2v) is 7.56. The molecule has 27 heavy (non-hydrogen) atoms. The van der Waals surface area contributed by atoms with Crippen molar-refractivity contribution in [2.24, 2.45) is 0 Å². The molecular weight excluding hydrogens is 368 g/mol. The SMILES string of the molecule is COC(=O)N1CCC(NC(=O)N2CCc3[nH]c4ccc(Cl)cc4c3C2)CC1. The number of aromatic nitrogens is 1. The van der Waals surface area contributed by atoms with Crippen LogP contribution in [0.3, 0.4) is 0 Å². The fourth-order valence-corrected chi connectivity index (χ4v) is 4.13. The van der Waals surface area contributed by atoms with Crippen molar-refractivity contribution < 1.29 is 14.3 Å². The van der Waals surface area contributed by atoms with Crippen molar-refractivity contribution in [1.29, 1.82) is 0 Å². The van der Waals surface area contributed by atoms with Crippen LogP contribution in [0.2, 0.25) is 5.02 Å². The number of hydrogen-bond acceptors (Lipinski definition) is 3. The van der Waals surface area contributed by atoms with Crippen LogP contribution in [-0.2, 0) is 17.7 Å². The lowest BCUT2D eigenvalue weighted by atomic mass is 10.0. The summed E-state index contributed by atoms with van der Waals surface area (Å²) < 4.78 is 4.75. The van der Waals surface area contributed by atoms with Gasteiger partial charge in [-0.3, -0.25) is 0 Å². The Kier molecular flexibility index (Phi) is 4.86. The third-order valence-electron chi connectivity index (χ3n) is 5.48. The number of ether oxygens (including phenoxy) is 1. The predicted molar refractivity (Wildman–Crippen MR) is 103 cm³/mol. The number of urea groups is 1. The van der Waals surface area contributed by atoms with E-state index in [9.17, 15) is 9.59 Å². The quantitative estimate of drug-likeness (QED) is 0.785. The van der Waals surface area contributed by atoms with Crippen molar-refractivity contribution in [2.75, 3.05) is 26.7 Å². The van der Waals surface area contributed by atoms with Gasteiger partial charge in [0, 0.05) is 65.8 Å². The average Bonchev–Trinajstić information content (AvgIpc) is 3.05. The van der Waals surface area contributed by atoms with Crippen LogP contribution < -0.4 is 5.32 Å². The topological polar surface area (TPSA) is 77.7 Å². The van der Waals surface area contributed by atoms with Gasteiger partial charge in [0.05, 0.1) is 7.11 Å². The molecule has 1 aromatic heterocycles. The number of likely N-dealkylation sites (tertiary alicyclic amines) is 1. The van der Waals surface area contributed by atoms with Gasteiger partial charge in [0.1, 0.15) is 0 Å². The Labute approximate surface area is 162 Å². The Hall–Kier alpha value is -2.41. The molecule has 1 saturated heterocycles. The molecule has 0 spiro atoms. The molecule has 0 radical (unpaired) electrons. The predicted octanol–water partition coefficient (Wildman–Crippen LogP) is 3.12. The Bertz CT molecular complexity index is 873. The van der Waals surface area contributed by atoms with E-state index >= 15 is 0 Å². The molecule has 1 aromatic carbocycles. The normalized spacial score (nSPS) is 17.7. The lowest BCUT2D eigenvalue weighted by molar-refractivity contribution is 0.109. The van der Waals surface area contributed by atoms with Gasteiger partial charge >= 0.3 is 12.1 Å². The molecule has 0 unspecified atom stereocenters. The summed E-state index contributed by atoms with van der Waals surface area (Å²) in [6, 6.07) is 5.84. The average molecular weight is 391 g/mol. The van der Waals surface area contributed by atoms with Gasteiger partial charge in [-0.15, -0.1) is 0 Å². The van der Waals surface area contributed by atoms with Gasteiger partial charge in [-0.2, -0.15) is 0 Å². The van der Waals surface area contributed by atoms with E-state index in [1.807, 2.05) is 23.1 Å². The van der Waals surface area contributed by atoms with Crippen LogP contribution in [-0.4, -0.2) is 59.7 Å². The highest BCUT2D eigenvalue weighted by molar-refractivity contribution is 6.31. The molecule has 0 atom stereocenters. The number of amides is 3. The molecule has 0 bridgehead atoms. The Morgan fingerprint density at radius 1 is 1.22 bits per heavy atom. The van der Waals surface area contributed by atoms with E-state index < -0.39 is 0 Å². The summed E-state index contributed by atoms with van der Waals surface area (Å²) in [6.07, 6.45) is 1.97. The molecule has 2 aromatic rings. The van der Waals surface area contributed by atoms with Crippen molar-refractivity contribution in [3.05, 3.63) is 34.5 Å². The second-order valence-electron chi connectivity index (χ2n) is 7.12. The summed E-state index contributed by atoms with van der Waals surface area (Å²) >= 11 is 6.15. The van der Waals surface area contributed by atoms with Gasteiger partial charge in [0.25, 0.3) is 0 Å². The molecule has 7 nitrogen and oxygen atoms in total. The first-order chi connectivity index (χ1) is 13.0. The summed E-state index contributed by atoms with van der Waals surface area (Å²) in [5, 5.41) is 4.90. The van der Waals surface area contributed by atoms with E-state index in [1.54, 1.807) is 4.90 Å². The van der Waals surface area contributed by atoms with Crippen LogP contribution in [0, 0.1) is 0 Å². The van der Waals surface area contributed by atoms with Crippen molar-refractivity contribution >= 4 is 34.6 Å². The Balaban J connectivity index is 1.39. The number of fused-ring (bicyclic) bond motifs is 3. The molecule has 4 rings (SSSR count). The first-order valence-electron chi connectivity index (χ1n) is 9.22. The molecule has 2 aliphatic rings.